The number of amides is 1. The average molecular weight is 347 g/mol. The van der Waals surface area contributed by atoms with Gasteiger partial charge in [-0.25, -0.2) is 0 Å². The molecule has 0 unspecified atom stereocenters. The van der Waals surface area contributed by atoms with E-state index >= 15 is 0 Å². The fraction of sp³-hybridized carbons (Fsp3) is 0.316. The van der Waals surface area contributed by atoms with E-state index < -0.39 is 0 Å². The van der Waals surface area contributed by atoms with Gasteiger partial charge in [0, 0.05) is 25.5 Å². The van der Waals surface area contributed by atoms with E-state index in [0.29, 0.717) is 24.5 Å². The van der Waals surface area contributed by atoms with Gasteiger partial charge in [-0.1, -0.05) is 23.7 Å². The molecule has 2 rings (SSSR count). The molecule has 0 aliphatic carbocycles. The molecule has 2 aromatic rings. The second-order valence-corrected chi connectivity index (χ2v) is 6.12. The topological polar surface area (TPSA) is 41.6 Å². The molecule has 0 atom stereocenters. The number of nitrogens with zero attached hydrogens (tertiary/aromatic N) is 1. The molecule has 0 saturated heterocycles. The highest BCUT2D eigenvalue weighted by Gasteiger charge is 2.09. The summed E-state index contributed by atoms with van der Waals surface area (Å²) >= 11 is 6.04. The highest BCUT2D eigenvalue weighted by atomic mass is 35.5. The van der Waals surface area contributed by atoms with Crippen molar-refractivity contribution in [1.29, 1.82) is 0 Å². The van der Waals surface area contributed by atoms with Gasteiger partial charge in [0.25, 0.3) is 0 Å². The molecule has 0 heterocycles. The van der Waals surface area contributed by atoms with Gasteiger partial charge in [-0.15, -0.1) is 0 Å². The van der Waals surface area contributed by atoms with Crippen molar-refractivity contribution in [2.45, 2.75) is 19.8 Å². The predicted molar refractivity (Wildman–Crippen MR) is 100 cm³/mol. The smallest absolute Gasteiger partial charge is 0.224 e. The molecule has 4 nitrogen and oxygen atoms in total. The molecule has 0 bridgehead atoms. The number of halogens is 1. The fourth-order valence-corrected chi connectivity index (χ4v) is 2.56. The average Bonchev–Trinajstić information content (AvgIpc) is 2.54. The van der Waals surface area contributed by atoms with Gasteiger partial charge in [0.05, 0.1) is 18.0 Å². The molecular formula is C19H23ClN2O2. The van der Waals surface area contributed by atoms with Gasteiger partial charge in [0.2, 0.25) is 5.91 Å². The van der Waals surface area contributed by atoms with E-state index in [1.165, 1.54) is 0 Å². The van der Waals surface area contributed by atoms with Crippen molar-refractivity contribution in [2.24, 2.45) is 0 Å². The van der Waals surface area contributed by atoms with Crippen LogP contribution in [0.3, 0.4) is 0 Å². The number of rotatable bonds is 7. The molecule has 0 fully saturated rings. The summed E-state index contributed by atoms with van der Waals surface area (Å²) in [6, 6.07) is 13.3. The zero-order valence-electron chi connectivity index (χ0n) is 14.3. The molecule has 1 N–H and O–H groups in total. The number of hydrogen-bond acceptors (Lipinski definition) is 3. The van der Waals surface area contributed by atoms with Gasteiger partial charge >= 0.3 is 0 Å². The molecule has 0 saturated carbocycles. The molecular weight excluding hydrogens is 324 g/mol. The minimum Gasteiger partial charge on any atom is -0.494 e. The summed E-state index contributed by atoms with van der Waals surface area (Å²) < 4.78 is 5.42. The highest BCUT2D eigenvalue weighted by Crippen LogP contribution is 2.28. The Morgan fingerprint density at radius 3 is 2.50 bits per heavy atom. The summed E-state index contributed by atoms with van der Waals surface area (Å²) in [6.07, 6.45) is 1.09. The van der Waals surface area contributed by atoms with E-state index in [4.69, 9.17) is 16.3 Å². The molecule has 0 aromatic heterocycles. The van der Waals surface area contributed by atoms with E-state index in [9.17, 15) is 4.79 Å². The maximum atomic E-state index is 12.2. The van der Waals surface area contributed by atoms with Crippen molar-refractivity contribution in [3.63, 3.8) is 0 Å². The molecule has 0 radical (unpaired) electrons. The Morgan fingerprint density at radius 2 is 1.88 bits per heavy atom. The van der Waals surface area contributed by atoms with Gasteiger partial charge in [0.1, 0.15) is 5.75 Å². The molecule has 0 aliphatic heterocycles. The van der Waals surface area contributed by atoms with E-state index in [0.717, 1.165) is 22.7 Å². The van der Waals surface area contributed by atoms with E-state index in [1.54, 1.807) is 6.07 Å². The lowest BCUT2D eigenvalue weighted by atomic mass is 10.1. The lowest BCUT2D eigenvalue weighted by Gasteiger charge is -2.18. The largest absolute Gasteiger partial charge is 0.494 e. The van der Waals surface area contributed by atoms with E-state index in [-0.39, 0.29) is 5.91 Å². The van der Waals surface area contributed by atoms with Crippen LogP contribution < -0.4 is 15.0 Å². The third kappa shape index (κ3) is 5.17. The molecule has 0 spiro atoms. The van der Waals surface area contributed by atoms with Crippen LogP contribution in [0.2, 0.25) is 5.02 Å². The van der Waals surface area contributed by atoms with Crippen molar-refractivity contribution in [3.05, 3.63) is 53.1 Å². The Labute approximate surface area is 148 Å². The maximum absolute atomic E-state index is 12.2. The summed E-state index contributed by atoms with van der Waals surface area (Å²) in [5.41, 5.74) is 2.76. The minimum atomic E-state index is -0.0331. The number of aryl methyl sites for hydroxylation is 1. The Bertz CT molecular complexity index is 684. The molecule has 5 heteroatoms. The molecule has 2 aromatic carbocycles. The molecule has 24 heavy (non-hydrogen) atoms. The predicted octanol–water partition coefficient (Wildman–Crippen LogP) is 4.38. The monoisotopic (exact) mass is 346 g/mol. The number of hydrogen-bond donors (Lipinski definition) is 1. The van der Waals surface area contributed by atoms with Gasteiger partial charge in [-0.3, -0.25) is 4.79 Å². The van der Waals surface area contributed by atoms with E-state index in [1.807, 2.05) is 62.3 Å². The van der Waals surface area contributed by atoms with Gasteiger partial charge < -0.3 is 15.0 Å². The first-order valence-electron chi connectivity index (χ1n) is 7.98. The fourth-order valence-electron chi connectivity index (χ4n) is 2.39. The van der Waals surface area contributed by atoms with Gasteiger partial charge in [0.15, 0.2) is 0 Å². The first-order valence-corrected chi connectivity index (χ1v) is 8.36. The van der Waals surface area contributed by atoms with Crippen LogP contribution in [-0.4, -0.2) is 26.6 Å². The van der Waals surface area contributed by atoms with Crippen LogP contribution >= 0.6 is 11.6 Å². The van der Waals surface area contributed by atoms with E-state index in [2.05, 4.69) is 5.32 Å². The second-order valence-electron chi connectivity index (χ2n) is 5.68. The number of nitrogens with one attached hydrogen (secondary N) is 1. The zero-order valence-corrected chi connectivity index (χ0v) is 15.1. The van der Waals surface area contributed by atoms with Crippen LogP contribution in [0.25, 0.3) is 0 Å². The number of carbonyl (C=O) groups is 1. The zero-order chi connectivity index (χ0) is 17.5. The number of anilines is 2. The summed E-state index contributed by atoms with van der Waals surface area (Å²) in [4.78, 5) is 14.2. The van der Waals surface area contributed by atoms with Crippen molar-refractivity contribution in [2.75, 3.05) is 30.9 Å². The van der Waals surface area contributed by atoms with Crippen molar-refractivity contribution < 1.29 is 9.53 Å². The minimum absolute atomic E-state index is 0.0331. The lowest BCUT2D eigenvalue weighted by molar-refractivity contribution is -0.116. The number of ether oxygens (including phenoxy) is 1. The van der Waals surface area contributed by atoms with Gasteiger partial charge in [-0.2, -0.15) is 0 Å². The second kappa shape index (κ2) is 8.60. The Kier molecular flexibility index (Phi) is 6.50. The third-order valence-corrected chi connectivity index (χ3v) is 3.82. The highest BCUT2D eigenvalue weighted by molar-refractivity contribution is 6.31. The Hall–Kier alpha value is -2.20. The summed E-state index contributed by atoms with van der Waals surface area (Å²) in [7, 11) is 3.86. The Balaban J connectivity index is 1.95. The molecule has 1 amide bonds. The number of carbonyl (C=O) groups excluding carboxylic acids is 1. The van der Waals surface area contributed by atoms with Crippen molar-refractivity contribution in [3.8, 4) is 5.75 Å². The third-order valence-electron chi connectivity index (χ3n) is 3.59. The normalized spacial score (nSPS) is 10.3. The first kappa shape index (κ1) is 18.1. The number of benzene rings is 2. The molecule has 128 valence electrons. The van der Waals surface area contributed by atoms with Crippen molar-refractivity contribution >= 4 is 28.9 Å². The standard InChI is InChI=1S/C19H23ClN2O2/c1-4-24-16-9-5-14(6-10-16)7-12-19(23)21-17-13-15(20)8-11-18(17)22(2)3/h5-6,8-11,13H,4,7,12H2,1-3H3,(H,21,23). The maximum Gasteiger partial charge on any atom is 0.224 e. The van der Waals surface area contributed by atoms with Gasteiger partial charge in [-0.05, 0) is 49.2 Å². The van der Waals surface area contributed by atoms with Crippen LogP contribution in [0.5, 0.6) is 5.75 Å². The Morgan fingerprint density at radius 1 is 1.17 bits per heavy atom. The van der Waals surface area contributed by atoms with Crippen LogP contribution in [-0.2, 0) is 11.2 Å². The summed E-state index contributed by atoms with van der Waals surface area (Å²) in [5.74, 6) is 0.814. The van der Waals surface area contributed by atoms with Crippen LogP contribution in [0, 0.1) is 0 Å². The summed E-state index contributed by atoms with van der Waals surface area (Å²) in [5, 5.41) is 3.54. The van der Waals surface area contributed by atoms with Crippen molar-refractivity contribution in [1.82, 2.24) is 0 Å². The van der Waals surface area contributed by atoms with Crippen LogP contribution in [0.15, 0.2) is 42.5 Å². The quantitative estimate of drug-likeness (QED) is 0.809. The SMILES string of the molecule is CCOc1ccc(CCC(=O)Nc2cc(Cl)ccc2N(C)C)cc1. The molecule has 0 aliphatic rings. The van der Waals surface area contributed by atoms with Crippen LogP contribution in [0.1, 0.15) is 18.9 Å². The first-order chi connectivity index (χ1) is 11.5. The summed E-state index contributed by atoms with van der Waals surface area (Å²) in [6.45, 7) is 2.60. The van der Waals surface area contributed by atoms with Crippen LogP contribution in [0.4, 0.5) is 11.4 Å². The lowest BCUT2D eigenvalue weighted by Crippen LogP contribution is -2.17.